The average molecular weight is 444 g/mol. The molecule has 1 saturated heterocycles. The lowest BCUT2D eigenvalue weighted by Gasteiger charge is -2.40. The van der Waals surface area contributed by atoms with E-state index in [1.807, 2.05) is 18.2 Å². The van der Waals surface area contributed by atoms with E-state index in [1.54, 1.807) is 12.1 Å². The van der Waals surface area contributed by atoms with E-state index in [2.05, 4.69) is 10.6 Å². The Kier molecular flexibility index (Phi) is 8.08. The average Bonchev–Trinajstić information content (AvgIpc) is 2.79. The van der Waals surface area contributed by atoms with Crippen LogP contribution in [0.15, 0.2) is 30.3 Å². The molecule has 32 heavy (non-hydrogen) atoms. The number of carbonyl (C=O) groups excluding carboxylic acids is 4. The Morgan fingerprint density at radius 2 is 1.75 bits per heavy atom. The van der Waals surface area contributed by atoms with Crippen molar-refractivity contribution in [2.75, 3.05) is 25.0 Å². The zero-order valence-corrected chi connectivity index (χ0v) is 18.6. The number of amides is 5. The van der Waals surface area contributed by atoms with Crippen LogP contribution in [0.3, 0.4) is 0 Å². The standard InChI is InChI=1S/C23H33N5O4/c1-16(29)28-13-12-27(23(32)25-18-10-6-3-7-11-18)15-20(28)22(31)26-19(21(24)30)14-17-8-4-2-5-9-17/h3,6-7,10-11,17,19-20H,2,4-5,8-9,12-15H2,1H3,(H2,24,30)(H,25,32)(H,26,31). The Morgan fingerprint density at radius 3 is 2.38 bits per heavy atom. The van der Waals surface area contributed by atoms with E-state index in [-0.39, 0.29) is 25.0 Å². The van der Waals surface area contributed by atoms with Crippen molar-refractivity contribution in [3.05, 3.63) is 30.3 Å². The molecule has 1 aromatic carbocycles. The van der Waals surface area contributed by atoms with Crippen LogP contribution in [-0.2, 0) is 14.4 Å². The van der Waals surface area contributed by atoms with Crippen LogP contribution in [0.2, 0.25) is 0 Å². The van der Waals surface area contributed by atoms with Gasteiger partial charge in [-0.3, -0.25) is 14.4 Å². The van der Waals surface area contributed by atoms with Crippen molar-refractivity contribution in [1.29, 1.82) is 0 Å². The van der Waals surface area contributed by atoms with Gasteiger partial charge in [-0.05, 0) is 24.5 Å². The number of benzene rings is 1. The normalized spacial score (nSPS) is 20.3. The Balaban J connectivity index is 1.66. The van der Waals surface area contributed by atoms with Gasteiger partial charge in [0.1, 0.15) is 12.1 Å². The second-order valence-electron chi connectivity index (χ2n) is 8.67. The van der Waals surface area contributed by atoms with Gasteiger partial charge in [0.2, 0.25) is 17.7 Å². The van der Waals surface area contributed by atoms with E-state index >= 15 is 0 Å². The quantitative estimate of drug-likeness (QED) is 0.619. The van der Waals surface area contributed by atoms with Gasteiger partial charge in [-0.2, -0.15) is 0 Å². The zero-order valence-electron chi connectivity index (χ0n) is 18.6. The van der Waals surface area contributed by atoms with E-state index in [1.165, 1.54) is 23.1 Å². The molecule has 174 valence electrons. The lowest BCUT2D eigenvalue weighted by atomic mass is 9.84. The predicted molar refractivity (Wildman–Crippen MR) is 121 cm³/mol. The number of nitrogens with two attached hydrogens (primary N) is 1. The molecular formula is C23H33N5O4. The first kappa shape index (κ1) is 23.6. The minimum Gasteiger partial charge on any atom is -0.368 e. The van der Waals surface area contributed by atoms with E-state index in [4.69, 9.17) is 5.73 Å². The fourth-order valence-corrected chi connectivity index (χ4v) is 4.56. The van der Waals surface area contributed by atoms with Crippen LogP contribution >= 0.6 is 0 Å². The summed E-state index contributed by atoms with van der Waals surface area (Å²) in [4.78, 5) is 53.0. The maximum absolute atomic E-state index is 13.1. The molecule has 3 rings (SSSR count). The molecule has 5 amide bonds. The van der Waals surface area contributed by atoms with Gasteiger partial charge in [0.15, 0.2) is 0 Å². The monoisotopic (exact) mass is 443 g/mol. The molecule has 0 radical (unpaired) electrons. The lowest BCUT2D eigenvalue weighted by Crippen LogP contribution is -2.63. The Bertz CT molecular complexity index is 825. The largest absolute Gasteiger partial charge is 0.368 e. The van der Waals surface area contributed by atoms with Crippen molar-refractivity contribution in [3.8, 4) is 0 Å². The number of piperazine rings is 1. The van der Waals surface area contributed by atoms with E-state index in [0.717, 1.165) is 25.7 Å². The van der Waals surface area contributed by atoms with Crippen molar-refractivity contribution >= 4 is 29.4 Å². The smallest absolute Gasteiger partial charge is 0.321 e. The Morgan fingerprint density at radius 1 is 1.06 bits per heavy atom. The van der Waals surface area contributed by atoms with Gasteiger partial charge in [-0.25, -0.2) is 4.79 Å². The van der Waals surface area contributed by atoms with Gasteiger partial charge >= 0.3 is 6.03 Å². The molecule has 0 aromatic heterocycles. The van der Waals surface area contributed by atoms with Gasteiger partial charge in [-0.15, -0.1) is 0 Å². The minimum absolute atomic E-state index is 0.0407. The van der Waals surface area contributed by atoms with Gasteiger partial charge < -0.3 is 26.2 Å². The first-order chi connectivity index (χ1) is 15.3. The van der Waals surface area contributed by atoms with Crippen LogP contribution in [0.1, 0.15) is 45.4 Å². The molecule has 1 saturated carbocycles. The number of urea groups is 1. The van der Waals surface area contributed by atoms with Gasteiger partial charge in [0.25, 0.3) is 0 Å². The van der Waals surface area contributed by atoms with Crippen LogP contribution in [-0.4, -0.2) is 65.3 Å². The zero-order chi connectivity index (χ0) is 23.1. The number of nitrogens with one attached hydrogen (secondary N) is 2. The Hall–Kier alpha value is -3.10. The second kappa shape index (κ2) is 11.0. The number of nitrogens with zero attached hydrogens (tertiary/aromatic N) is 2. The van der Waals surface area contributed by atoms with Crippen LogP contribution in [0.5, 0.6) is 0 Å². The van der Waals surface area contributed by atoms with E-state index in [0.29, 0.717) is 24.6 Å². The molecule has 9 nitrogen and oxygen atoms in total. The highest BCUT2D eigenvalue weighted by Gasteiger charge is 2.37. The molecule has 2 atom stereocenters. The summed E-state index contributed by atoms with van der Waals surface area (Å²) in [7, 11) is 0. The SMILES string of the molecule is CC(=O)N1CCN(C(=O)Nc2ccccc2)CC1C(=O)NC(CC1CCCCC1)C(N)=O. The van der Waals surface area contributed by atoms with Crippen LogP contribution < -0.4 is 16.4 Å². The number of primary amides is 1. The number of para-hydroxylation sites is 1. The van der Waals surface area contributed by atoms with Crippen molar-refractivity contribution in [2.24, 2.45) is 11.7 Å². The first-order valence-electron chi connectivity index (χ1n) is 11.3. The van der Waals surface area contributed by atoms with Crippen LogP contribution in [0.4, 0.5) is 10.5 Å². The van der Waals surface area contributed by atoms with Crippen molar-refractivity contribution in [3.63, 3.8) is 0 Å². The van der Waals surface area contributed by atoms with Gasteiger partial charge in [0, 0.05) is 25.7 Å². The summed E-state index contributed by atoms with van der Waals surface area (Å²) in [6.07, 6.45) is 5.99. The summed E-state index contributed by atoms with van der Waals surface area (Å²) < 4.78 is 0. The summed E-state index contributed by atoms with van der Waals surface area (Å²) in [6.45, 7) is 1.98. The summed E-state index contributed by atoms with van der Waals surface area (Å²) in [6, 6.07) is 7.03. The third kappa shape index (κ3) is 6.21. The highest BCUT2D eigenvalue weighted by atomic mass is 16.2. The first-order valence-corrected chi connectivity index (χ1v) is 11.3. The summed E-state index contributed by atoms with van der Waals surface area (Å²) in [5, 5.41) is 5.57. The summed E-state index contributed by atoms with van der Waals surface area (Å²) >= 11 is 0. The van der Waals surface area contributed by atoms with Crippen LogP contribution in [0.25, 0.3) is 0 Å². The maximum atomic E-state index is 13.1. The number of carbonyl (C=O) groups is 4. The summed E-state index contributed by atoms with van der Waals surface area (Å²) in [5.74, 6) is -0.939. The maximum Gasteiger partial charge on any atom is 0.321 e. The molecular weight excluding hydrogens is 410 g/mol. The fourth-order valence-electron chi connectivity index (χ4n) is 4.56. The summed E-state index contributed by atoms with van der Waals surface area (Å²) in [5.41, 5.74) is 6.23. The van der Waals surface area contributed by atoms with Crippen molar-refractivity contribution < 1.29 is 19.2 Å². The molecule has 1 heterocycles. The third-order valence-electron chi connectivity index (χ3n) is 6.35. The molecule has 2 fully saturated rings. The molecule has 4 N–H and O–H groups in total. The highest BCUT2D eigenvalue weighted by Crippen LogP contribution is 2.27. The third-order valence-corrected chi connectivity index (χ3v) is 6.35. The number of rotatable bonds is 6. The number of hydrogen-bond acceptors (Lipinski definition) is 4. The molecule has 1 aliphatic carbocycles. The molecule has 9 heteroatoms. The molecule has 0 spiro atoms. The van der Waals surface area contributed by atoms with Gasteiger partial charge in [-0.1, -0.05) is 50.3 Å². The van der Waals surface area contributed by atoms with E-state index in [9.17, 15) is 19.2 Å². The fraction of sp³-hybridized carbons (Fsp3) is 0.565. The molecule has 0 bridgehead atoms. The Labute approximate surface area is 188 Å². The van der Waals surface area contributed by atoms with Gasteiger partial charge in [0.05, 0.1) is 6.54 Å². The highest BCUT2D eigenvalue weighted by molar-refractivity contribution is 5.93. The predicted octanol–water partition coefficient (Wildman–Crippen LogP) is 1.69. The van der Waals surface area contributed by atoms with Crippen molar-refractivity contribution in [2.45, 2.75) is 57.5 Å². The molecule has 1 aromatic rings. The molecule has 2 aliphatic rings. The topological polar surface area (TPSA) is 125 Å². The van der Waals surface area contributed by atoms with Crippen LogP contribution in [0, 0.1) is 5.92 Å². The number of hydrogen-bond donors (Lipinski definition) is 3. The lowest BCUT2D eigenvalue weighted by molar-refractivity contribution is -0.142. The van der Waals surface area contributed by atoms with Crippen molar-refractivity contribution in [1.82, 2.24) is 15.1 Å². The minimum atomic E-state index is -0.879. The second-order valence-corrected chi connectivity index (χ2v) is 8.67. The number of anilines is 1. The molecule has 2 unspecified atom stereocenters. The molecule has 1 aliphatic heterocycles. The van der Waals surface area contributed by atoms with E-state index < -0.39 is 23.9 Å².